The summed E-state index contributed by atoms with van der Waals surface area (Å²) in [5.74, 6) is 0.531. The van der Waals surface area contributed by atoms with Gasteiger partial charge in [0.2, 0.25) is 0 Å². The Morgan fingerprint density at radius 3 is 2.94 bits per heavy atom. The van der Waals surface area contributed by atoms with Crippen LogP contribution in [0, 0.1) is 5.82 Å². The van der Waals surface area contributed by atoms with Gasteiger partial charge in [-0.3, -0.25) is 0 Å². The Hall–Kier alpha value is -0.800. The van der Waals surface area contributed by atoms with Gasteiger partial charge in [-0.05, 0) is 43.0 Å². The molecule has 0 bridgehead atoms. The third-order valence-corrected chi connectivity index (χ3v) is 3.30. The zero-order valence-corrected chi connectivity index (χ0v) is 9.98. The highest BCUT2D eigenvalue weighted by molar-refractivity contribution is 6.32. The molecular formula is C12H15ClFNO. The third kappa shape index (κ3) is 2.30. The molecule has 1 unspecified atom stereocenters. The van der Waals surface area contributed by atoms with Gasteiger partial charge in [0.05, 0.1) is 12.1 Å². The Balaban J connectivity index is 2.31. The maximum absolute atomic E-state index is 13.8. The van der Waals surface area contributed by atoms with Gasteiger partial charge in [0, 0.05) is 6.54 Å². The molecule has 4 heteroatoms. The first-order chi connectivity index (χ1) is 7.72. The van der Waals surface area contributed by atoms with Gasteiger partial charge in [0.1, 0.15) is 11.6 Å². The molecule has 0 aliphatic carbocycles. The minimum absolute atomic E-state index is 0.222. The van der Waals surface area contributed by atoms with Crippen LogP contribution in [-0.4, -0.2) is 20.2 Å². The van der Waals surface area contributed by atoms with E-state index in [1.807, 2.05) is 0 Å². The van der Waals surface area contributed by atoms with Crippen LogP contribution in [0.3, 0.4) is 0 Å². The summed E-state index contributed by atoms with van der Waals surface area (Å²) in [4.78, 5) is 0. The van der Waals surface area contributed by atoms with Crippen LogP contribution >= 0.6 is 11.6 Å². The quantitative estimate of drug-likeness (QED) is 0.862. The predicted octanol–water partition coefficient (Wildman–Crippen LogP) is 2.95. The van der Waals surface area contributed by atoms with Gasteiger partial charge in [0.25, 0.3) is 0 Å². The first-order valence-corrected chi connectivity index (χ1v) is 5.84. The lowest BCUT2D eigenvalue weighted by atomic mass is 9.91. The number of methoxy groups -OCH3 is 1. The Kier molecular flexibility index (Phi) is 3.66. The van der Waals surface area contributed by atoms with Gasteiger partial charge in [0.15, 0.2) is 0 Å². The van der Waals surface area contributed by atoms with Crippen molar-refractivity contribution in [2.24, 2.45) is 0 Å². The van der Waals surface area contributed by atoms with Gasteiger partial charge in [-0.2, -0.15) is 0 Å². The highest BCUT2D eigenvalue weighted by atomic mass is 35.5. The van der Waals surface area contributed by atoms with E-state index in [1.54, 1.807) is 13.2 Å². The van der Waals surface area contributed by atoms with E-state index in [0.29, 0.717) is 16.3 Å². The van der Waals surface area contributed by atoms with Crippen molar-refractivity contribution in [3.8, 4) is 5.75 Å². The maximum atomic E-state index is 13.8. The number of rotatable bonds is 2. The molecule has 88 valence electrons. The van der Waals surface area contributed by atoms with E-state index in [0.717, 1.165) is 25.9 Å². The van der Waals surface area contributed by atoms with Crippen molar-refractivity contribution in [3.63, 3.8) is 0 Å². The maximum Gasteiger partial charge on any atom is 0.137 e. The van der Waals surface area contributed by atoms with Crippen LogP contribution in [-0.2, 0) is 0 Å². The SMILES string of the molecule is COc1cc(C2CCCNC2)c(F)cc1Cl. The van der Waals surface area contributed by atoms with Crippen LogP contribution in [0.5, 0.6) is 5.75 Å². The van der Waals surface area contributed by atoms with E-state index in [4.69, 9.17) is 16.3 Å². The average Bonchev–Trinajstić information content (AvgIpc) is 2.30. The largest absolute Gasteiger partial charge is 0.495 e. The molecule has 0 amide bonds. The van der Waals surface area contributed by atoms with Crippen molar-refractivity contribution in [2.45, 2.75) is 18.8 Å². The number of hydrogen-bond donors (Lipinski definition) is 1. The summed E-state index contributed by atoms with van der Waals surface area (Å²) in [7, 11) is 1.54. The van der Waals surface area contributed by atoms with E-state index in [9.17, 15) is 4.39 Å². The minimum atomic E-state index is -0.237. The summed E-state index contributed by atoms with van der Waals surface area (Å²) in [6.45, 7) is 1.84. The molecule has 1 aliphatic rings. The molecule has 0 aromatic heterocycles. The fourth-order valence-corrected chi connectivity index (χ4v) is 2.36. The lowest BCUT2D eigenvalue weighted by Crippen LogP contribution is -2.28. The van der Waals surface area contributed by atoms with Crippen LogP contribution in [0.1, 0.15) is 24.3 Å². The molecule has 1 fully saturated rings. The first-order valence-electron chi connectivity index (χ1n) is 5.46. The number of piperidine rings is 1. The Morgan fingerprint density at radius 2 is 2.31 bits per heavy atom. The second kappa shape index (κ2) is 5.02. The van der Waals surface area contributed by atoms with E-state index >= 15 is 0 Å². The summed E-state index contributed by atoms with van der Waals surface area (Å²) in [5.41, 5.74) is 0.702. The second-order valence-electron chi connectivity index (χ2n) is 4.05. The summed E-state index contributed by atoms with van der Waals surface area (Å²) in [6.07, 6.45) is 2.09. The lowest BCUT2D eigenvalue weighted by molar-refractivity contribution is 0.407. The molecule has 0 radical (unpaired) electrons. The molecule has 2 rings (SSSR count). The topological polar surface area (TPSA) is 21.3 Å². The smallest absolute Gasteiger partial charge is 0.137 e. The van der Waals surface area contributed by atoms with Crippen LogP contribution < -0.4 is 10.1 Å². The Labute approximate surface area is 99.7 Å². The number of benzene rings is 1. The standard InChI is InChI=1S/C12H15ClFNO/c1-16-12-5-9(11(14)6-10(12)13)8-3-2-4-15-7-8/h5-6,8,15H,2-4,7H2,1H3. The summed E-state index contributed by atoms with van der Waals surface area (Å²) in [5, 5.41) is 3.60. The Morgan fingerprint density at radius 1 is 1.50 bits per heavy atom. The van der Waals surface area contributed by atoms with Crippen LogP contribution in [0.15, 0.2) is 12.1 Å². The fourth-order valence-electron chi connectivity index (χ4n) is 2.13. The summed E-state index contributed by atoms with van der Waals surface area (Å²) >= 11 is 5.86. The highest BCUT2D eigenvalue weighted by Gasteiger charge is 2.20. The van der Waals surface area contributed by atoms with E-state index in [2.05, 4.69) is 5.32 Å². The highest BCUT2D eigenvalue weighted by Crippen LogP contribution is 2.33. The molecule has 1 aromatic rings. The molecule has 1 saturated heterocycles. The summed E-state index contributed by atoms with van der Waals surface area (Å²) < 4.78 is 18.9. The van der Waals surface area contributed by atoms with Crippen molar-refractivity contribution in [1.82, 2.24) is 5.32 Å². The van der Waals surface area contributed by atoms with Crippen molar-refractivity contribution in [2.75, 3.05) is 20.2 Å². The van der Waals surface area contributed by atoms with Crippen molar-refractivity contribution in [1.29, 1.82) is 0 Å². The fraction of sp³-hybridized carbons (Fsp3) is 0.500. The minimum Gasteiger partial charge on any atom is -0.495 e. The van der Waals surface area contributed by atoms with Gasteiger partial charge >= 0.3 is 0 Å². The zero-order chi connectivity index (χ0) is 11.5. The molecule has 0 spiro atoms. The van der Waals surface area contributed by atoms with E-state index in [-0.39, 0.29) is 11.7 Å². The van der Waals surface area contributed by atoms with Gasteiger partial charge in [-0.25, -0.2) is 4.39 Å². The zero-order valence-electron chi connectivity index (χ0n) is 9.22. The number of halogens is 2. The van der Waals surface area contributed by atoms with Crippen molar-refractivity contribution >= 4 is 11.6 Å². The van der Waals surface area contributed by atoms with Gasteiger partial charge in [-0.15, -0.1) is 0 Å². The summed E-state index contributed by atoms with van der Waals surface area (Å²) in [6, 6.07) is 3.06. The van der Waals surface area contributed by atoms with Crippen molar-refractivity contribution < 1.29 is 9.13 Å². The molecule has 1 aliphatic heterocycles. The molecule has 16 heavy (non-hydrogen) atoms. The molecule has 1 aromatic carbocycles. The van der Waals surface area contributed by atoms with Gasteiger partial charge in [-0.1, -0.05) is 11.6 Å². The molecular weight excluding hydrogens is 229 g/mol. The molecule has 1 atom stereocenters. The number of hydrogen-bond acceptors (Lipinski definition) is 2. The molecule has 2 nitrogen and oxygen atoms in total. The van der Waals surface area contributed by atoms with E-state index < -0.39 is 0 Å². The molecule has 0 saturated carbocycles. The molecule has 1 heterocycles. The van der Waals surface area contributed by atoms with E-state index in [1.165, 1.54) is 6.07 Å². The second-order valence-corrected chi connectivity index (χ2v) is 4.46. The third-order valence-electron chi connectivity index (χ3n) is 3.01. The molecule has 1 N–H and O–H groups in total. The van der Waals surface area contributed by atoms with Crippen molar-refractivity contribution in [3.05, 3.63) is 28.5 Å². The number of ether oxygens (including phenoxy) is 1. The number of nitrogens with one attached hydrogen (secondary N) is 1. The predicted molar refractivity (Wildman–Crippen MR) is 62.8 cm³/mol. The lowest BCUT2D eigenvalue weighted by Gasteiger charge is -2.24. The van der Waals surface area contributed by atoms with Crippen LogP contribution in [0.25, 0.3) is 0 Å². The van der Waals surface area contributed by atoms with Crippen LogP contribution in [0.2, 0.25) is 5.02 Å². The first kappa shape index (κ1) is 11.7. The van der Waals surface area contributed by atoms with Gasteiger partial charge < -0.3 is 10.1 Å². The monoisotopic (exact) mass is 243 g/mol. The normalized spacial score (nSPS) is 20.8. The van der Waals surface area contributed by atoms with Crippen LogP contribution in [0.4, 0.5) is 4.39 Å². The Bertz CT molecular complexity index is 378. The average molecular weight is 244 g/mol.